The van der Waals surface area contributed by atoms with Gasteiger partial charge in [-0.05, 0) is 11.1 Å². The summed E-state index contributed by atoms with van der Waals surface area (Å²) in [7, 11) is 0. The molecule has 0 unspecified atom stereocenters. The Morgan fingerprint density at radius 1 is 1.08 bits per heavy atom. The van der Waals surface area contributed by atoms with E-state index in [4.69, 9.17) is 22.1 Å². The van der Waals surface area contributed by atoms with Crippen molar-refractivity contribution in [2.24, 2.45) is 0 Å². The van der Waals surface area contributed by atoms with Gasteiger partial charge in [0.25, 0.3) is 0 Å². The van der Waals surface area contributed by atoms with Gasteiger partial charge in [-0.1, -0.05) is 29.8 Å². The maximum absolute atomic E-state index is 8.49. The largest absolute Gasteiger partial charge is 0.198 e. The second-order valence-corrected chi connectivity index (χ2v) is 2.94. The second kappa shape index (κ2) is 4.50. The van der Waals surface area contributed by atoms with Crippen LogP contribution in [0, 0.1) is 22.7 Å². The monoisotopic (exact) mass is 190 g/mol. The van der Waals surface area contributed by atoms with Crippen LogP contribution < -0.4 is 0 Å². The summed E-state index contributed by atoms with van der Waals surface area (Å²) in [5.41, 5.74) is 1.58. The van der Waals surface area contributed by atoms with Gasteiger partial charge in [0.2, 0.25) is 0 Å². The summed E-state index contributed by atoms with van der Waals surface area (Å²) in [4.78, 5) is 0. The second-order valence-electron chi connectivity index (χ2n) is 2.56. The summed E-state index contributed by atoms with van der Waals surface area (Å²) in [5, 5.41) is 17.5. The molecule has 1 aromatic carbocycles. The van der Waals surface area contributed by atoms with Crippen LogP contribution in [0.5, 0.6) is 0 Å². The van der Waals surface area contributed by atoms with Crippen LogP contribution in [0.3, 0.4) is 0 Å². The fourth-order valence-electron chi connectivity index (χ4n) is 1.08. The van der Waals surface area contributed by atoms with Gasteiger partial charge in [0.1, 0.15) is 0 Å². The highest BCUT2D eigenvalue weighted by molar-refractivity contribution is 6.32. The van der Waals surface area contributed by atoms with Crippen molar-refractivity contribution in [3.63, 3.8) is 0 Å². The Morgan fingerprint density at radius 3 is 1.92 bits per heavy atom. The van der Waals surface area contributed by atoms with E-state index in [9.17, 15) is 0 Å². The average Bonchev–Trinajstić information content (AvgIpc) is 2.13. The minimum Gasteiger partial charge on any atom is -0.198 e. The molecule has 0 aromatic heterocycles. The molecule has 0 saturated heterocycles. The summed E-state index contributed by atoms with van der Waals surface area (Å²) < 4.78 is 0. The van der Waals surface area contributed by atoms with Crippen LogP contribution in [0.1, 0.15) is 11.1 Å². The molecule has 0 heterocycles. The molecule has 1 aromatic rings. The molecule has 13 heavy (non-hydrogen) atoms. The summed E-state index contributed by atoms with van der Waals surface area (Å²) in [6.45, 7) is 0. The lowest BCUT2D eigenvalue weighted by Crippen LogP contribution is -1.89. The van der Waals surface area contributed by atoms with Gasteiger partial charge in [-0.15, -0.1) is 0 Å². The quantitative estimate of drug-likeness (QED) is 0.719. The van der Waals surface area contributed by atoms with E-state index in [0.29, 0.717) is 5.02 Å². The standard InChI is InChI=1S/C10H7ClN2/c11-10-8(4-6-12)2-1-3-9(10)5-7-13/h1-3H,4-5H2. The number of hydrogen-bond donors (Lipinski definition) is 0. The lowest BCUT2D eigenvalue weighted by atomic mass is 10.1. The van der Waals surface area contributed by atoms with Gasteiger partial charge < -0.3 is 0 Å². The third kappa shape index (κ3) is 2.21. The van der Waals surface area contributed by atoms with E-state index in [1.807, 2.05) is 18.2 Å². The molecule has 1 rings (SSSR count). The van der Waals surface area contributed by atoms with Crippen molar-refractivity contribution in [1.29, 1.82) is 10.5 Å². The first kappa shape index (κ1) is 9.58. The van der Waals surface area contributed by atoms with E-state index < -0.39 is 0 Å². The van der Waals surface area contributed by atoms with Crippen molar-refractivity contribution in [1.82, 2.24) is 0 Å². The van der Waals surface area contributed by atoms with Gasteiger partial charge in [-0.25, -0.2) is 0 Å². The van der Waals surface area contributed by atoms with Crippen molar-refractivity contribution >= 4 is 11.6 Å². The highest BCUT2D eigenvalue weighted by Gasteiger charge is 2.04. The molecule has 0 N–H and O–H groups in total. The minimum atomic E-state index is 0.290. The molecular formula is C10H7ClN2. The van der Waals surface area contributed by atoms with Gasteiger partial charge in [0.05, 0.1) is 25.0 Å². The molecule has 0 bridgehead atoms. The fraction of sp³-hybridized carbons (Fsp3) is 0.200. The zero-order valence-corrected chi connectivity index (χ0v) is 7.67. The van der Waals surface area contributed by atoms with Gasteiger partial charge in [-0.3, -0.25) is 0 Å². The molecule has 0 aliphatic heterocycles. The number of halogens is 1. The van der Waals surface area contributed by atoms with Crippen LogP contribution in [0.2, 0.25) is 5.02 Å². The molecule has 0 atom stereocenters. The maximum Gasteiger partial charge on any atom is 0.0670 e. The third-order valence-corrected chi connectivity index (χ3v) is 2.18. The number of benzene rings is 1. The van der Waals surface area contributed by atoms with Crippen LogP contribution in [-0.2, 0) is 12.8 Å². The first-order valence-corrected chi connectivity index (χ1v) is 4.17. The summed E-state index contributed by atoms with van der Waals surface area (Å²) >= 11 is 5.96. The molecule has 0 radical (unpaired) electrons. The van der Waals surface area contributed by atoms with E-state index >= 15 is 0 Å². The Hall–Kier alpha value is -1.51. The van der Waals surface area contributed by atoms with E-state index in [2.05, 4.69) is 0 Å². The van der Waals surface area contributed by atoms with E-state index in [1.165, 1.54) is 0 Å². The smallest absolute Gasteiger partial charge is 0.0670 e. The normalized spacial score (nSPS) is 8.85. The molecule has 0 fully saturated rings. The van der Waals surface area contributed by atoms with Gasteiger partial charge >= 0.3 is 0 Å². The Kier molecular flexibility index (Phi) is 3.31. The highest BCUT2D eigenvalue weighted by Crippen LogP contribution is 2.21. The van der Waals surface area contributed by atoms with Crippen molar-refractivity contribution in [2.45, 2.75) is 12.8 Å². The number of hydrogen-bond acceptors (Lipinski definition) is 2. The fourth-order valence-corrected chi connectivity index (χ4v) is 1.34. The molecule has 3 heteroatoms. The van der Waals surface area contributed by atoms with E-state index in [1.54, 1.807) is 12.1 Å². The Morgan fingerprint density at radius 2 is 1.54 bits per heavy atom. The predicted molar refractivity (Wildman–Crippen MR) is 50.1 cm³/mol. The van der Waals surface area contributed by atoms with Crippen LogP contribution in [0.25, 0.3) is 0 Å². The van der Waals surface area contributed by atoms with E-state index in [0.717, 1.165) is 11.1 Å². The summed E-state index contributed by atoms with van der Waals surface area (Å²) in [6, 6.07) is 9.46. The van der Waals surface area contributed by atoms with Crippen LogP contribution in [0.4, 0.5) is 0 Å². The summed E-state index contributed by atoms with van der Waals surface area (Å²) in [5.74, 6) is 0. The highest BCUT2D eigenvalue weighted by atomic mass is 35.5. The maximum atomic E-state index is 8.49. The first-order chi connectivity index (χ1) is 6.29. The number of rotatable bonds is 2. The molecule has 0 aliphatic carbocycles. The van der Waals surface area contributed by atoms with Crippen molar-refractivity contribution in [3.05, 3.63) is 34.3 Å². The lowest BCUT2D eigenvalue weighted by Gasteiger charge is -2.02. The first-order valence-electron chi connectivity index (χ1n) is 3.79. The molecule has 0 spiro atoms. The molecule has 64 valence electrons. The number of nitriles is 2. The van der Waals surface area contributed by atoms with E-state index in [-0.39, 0.29) is 12.8 Å². The zero-order valence-electron chi connectivity index (χ0n) is 6.92. The third-order valence-electron chi connectivity index (χ3n) is 1.70. The topological polar surface area (TPSA) is 47.6 Å². The Labute approximate surface area is 82.0 Å². The Balaban J connectivity index is 3.06. The SMILES string of the molecule is N#CCc1cccc(CC#N)c1Cl. The molecule has 0 aliphatic rings. The molecule has 0 saturated carbocycles. The van der Waals surface area contributed by atoms with Crippen molar-refractivity contribution in [3.8, 4) is 12.1 Å². The van der Waals surface area contributed by atoms with Gasteiger partial charge in [-0.2, -0.15) is 10.5 Å². The average molecular weight is 191 g/mol. The molecular weight excluding hydrogens is 184 g/mol. The Bertz CT molecular complexity index is 351. The minimum absolute atomic E-state index is 0.290. The predicted octanol–water partition coefficient (Wildman–Crippen LogP) is 2.47. The molecule has 0 amide bonds. The van der Waals surface area contributed by atoms with Gasteiger partial charge in [0.15, 0.2) is 0 Å². The zero-order chi connectivity index (χ0) is 9.68. The molecule has 2 nitrogen and oxygen atoms in total. The van der Waals surface area contributed by atoms with Crippen molar-refractivity contribution < 1.29 is 0 Å². The lowest BCUT2D eigenvalue weighted by molar-refractivity contribution is 1.20. The van der Waals surface area contributed by atoms with Crippen molar-refractivity contribution in [2.75, 3.05) is 0 Å². The number of nitrogens with zero attached hydrogens (tertiary/aromatic N) is 2. The van der Waals surface area contributed by atoms with Crippen LogP contribution in [-0.4, -0.2) is 0 Å². The summed E-state index contributed by atoms with van der Waals surface area (Å²) in [6.07, 6.45) is 0.580. The van der Waals surface area contributed by atoms with Gasteiger partial charge in [0, 0.05) is 5.02 Å². The van der Waals surface area contributed by atoms with Crippen LogP contribution in [0.15, 0.2) is 18.2 Å². The van der Waals surface area contributed by atoms with Crippen LogP contribution >= 0.6 is 11.6 Å².